The third kappa shape index (κ3) is 5.09. The third-order valence-corrected chi connectivity index (χ3v) is 7.45. The molecule has 1 aliphatic heterocycles. The van der Waals surface area contributed by atoms with Crippen LogP contribution in [0.4, 0.5) is 18.9 Å². The Morgan fingerprint density at radius 2 is 1.84 bits per heavy atom. The number of aliphatic hydroxyl groups excluding tert-OH is 1. The molecule has 1 aliphatic rings. The first-order valence-corrected chi connectivity index (χ1v) is 13.1. The van der Waals surface area contributed by atoms with Crippen LogP contribution in [-0.4, -0.2) is 40.4 Å². The summed E-state index contributed by atoms with van der Waals surface area (Å²) in [6.45, 7) is 0.200. The molecule has 0 spiro atoms. The van der Waals surface area contributed by atoms with Gasteiger partial charge in [0.1, 0.15) is 5.75 Å². The van der Waals surface area contributed by atoms with Crippen molar-refractivity contribution in [3.05, 3.63) is 84.4 Å². The first-order chi connectivity index (χ1) is 18.0. The molecule has 0 aliphatic carbocycles. The van der Waals surface area contributed by atoms with Gasteiger partial charge in [-0.05, 0) is 30.2 Å². The van der Waals surface area contributed by atoms with E-state index < -0.39 is 21.6 Å². The number of benzene rings is 2. The van der Waals surface area contributed by atoms with Gasteiger partial charge < -0.3 is 9.84 Å². The second-order valence-electron chi connectivity index (χ2n) is 9.01. The van der Waals surface area contributed by atoms with Gasteiger partial charge in [-0.2, -0.15) is 26.7 Å². The minimum absolute atomic E-state index is 0.200. The molecule has 12 heteroatoms. The number of fused-ring (bicyclic) bond motifs is 1. The fourth-order valence-corrected chi connectivity index (χ4v) is 4.95. The average molecular weight is 545 g/mol. The van der Waals surface area contributed by atoms with Crippen LogP contribution in [0.1, 0.15) is 17.4 Å². The van der Waals surface area contributed by atoms with E-state index in [1.165, 1.54) is 18.2 Å². The van der Waals surface area contributed by atoms with Gasteiger partial charge >= 0.3 is 15.5 Å². The largest absolute Gasteiger partial charge is 0.516 e. The molecule has 0 unspecified atom stereocenters. The van der Waals surface area contributed by atoms with E-state index in [9.17, 15) is 26.7 Å². The zero-order valence-corrected chi connectivity index (χ0v) is 20.9. The van der Waals surface area contributed by atoms with Crippen molar-refractivity contribution in [1.82, 2.24) is 14.8 Å². The summed E-state index contributed by atoms with van der Waals surface area (Å²) in [6, 6.07) is 14.4. The number of aryl methyl sites for hydroxylation is 1. The number of aliphatic hydroxyl groups is 1. The Hall–Kier alpha value is -3.90. The number of hydrogen-bond acceptors (Lipinski definition) is 6. The van der Waals surface area contributed by atoms with E-state index in [0.29, 0.717) is 23.3 Å². The normalized spacial score (nSPS) is 17.5. The number of ether oxygens (including phenoxy) is 1. The Kier molecular flexibility index (Phi) is 6.61. The van der Waals surface area contributed by atoms with Crippen molar-refractivity contribution in [3.63, 3.8) is 0 Å². The highest BCUT2D eigenvalue weighted by atomic mass is 32.2. The highest BCUT2D eigenvalue weighted by molar-refractivity contribution is 7.93. The SMILES string of the molecule is Cn1cc(-c2ccc(C[C@@H]3COc4cc(-c5ccccc5NS(=O)(=O)C(F)(F)F)ccc4[C@H]3O)nc2)cn1. The lowest BCUT2D eigenvalue weighted by molar-refractivity contribution is -0.0429. The average Bonchev–Trinajstić information content (AvgIpc) is 3.31. The minimum Gasteiger partial charge on any atom is -0.493 e. The molecule has 198 valence electrons. The van der Waals surface area contributed by atoms with Gasteiger partial charge in [0.2, 0.25) is 0 Å². The number of aromatic nitrogens is 3. The molecule has 0 radical (unpaired) electrons. The lowest BCUT2D eigenvalue weighted by Crippen LogP contribution is -2.30. The van der Waals surface area contributed by atoms with Crippen LogP contribution in [-0.2, 0) is 23.5 Å². The highest BCUT2D eigenvalue weighted by Crippen LogP contribution is 2.41. The van der Waals surface area contributed by atoms with E-state index >= 15 is 0 Å². The molecule has 2 aromatic carbocycles. The molecule has 2 N–H and O–H groups in total. The molecule has 0 fully saturated rings. The van der Waals surface area contributed by atoms with Gasteiger partial charge in [0.05, 0.1) is 24.6 Å². The van der Waals surface area contributed by atoms with E-state index in [1.807, 2.05) is 25.4 Å². The number of alkyl halides is 3. The van der Waals surface area contributed by atoms with E-state index in [-0.39, 0.29) is 23.8 Å². The fourth-order valence-electron chi connectivity index (χ4n) is 4.37. The van der Waals surface area contributed by atoms with Gasteiger partial charge in [0, 0.05) is 53.3 Å². The van der Waals surface area contributed by atoms with Crippen LogP contribution in [0, 0.1) is 5.92 Å². The van der Waals surface area contributed by atoms with Crippen LogP contribution in [0.15, 0.2) is 73.2 Å². The third-order valence-electron chi connectivity index (χ3n) is 6.35. The summed E-state index contributed by atoms with van der Waals surface area (Å²) in [5.74, 6) is 0.107. The molecule has 2 aromatic heterocycles. The summed E-state index contributed by atoms with van der Waals surface area (Å²) < 4.78 is 71.3. The molecular weight excluding hydrogens is 521 g/mol. The Morgan fingerprint density at radius 1 is 1.08 bits per heavy atom. The highest BCUT2D eigenvalue weighted by Gasteiger charge is 2.46. The quantitative estimate of drug-likeness (QED) is 0.365. The predicted molar refractivity (Wildman–Crippen MR) is 135 cm³/mol. The van der Waals surface area contributed by atoms with Crippen molar-refractivity contribution in [2.75, 3.05) is 11.3 Å². The van der Waals surface area contributed by atoms with Crippen LogP contribution < -0.4 is 9.46 Å². The number of rotatable bonds is 6. The Bertz CT molecular complexity index is 1570. The molecule has 4 aromatic rings. The van der Waals surface area contributed by atoms with E-state index in [1.54, 1.807) is 46.1 Å². The zero-order chi connectivity index (χ0) is 27.1. The number of pyridine rings is 1. The Morgan fingerprint density at radius 3 is 2.53 bits per heavy atom. The Labute approximate surface area is 216 Å². The van der Waals surface area contributed by atoms with Gasteiger partial charge in [-0.25, -0.2) is 0 Å². The van der Waals surface area contributed by atoms with Gasteiger partial charge in [-0.1, -0.05) is 36.4 Å². The van der Waals surface area contributed by atoms with Crippen LogP contribution in [0.5, 0.6) is 5.75 Å². The zero-order valence-electron chi connectivity index (χ0n) is 20.1. The maximum atomic E-state index is 12.9. The number of hydrogen-bond donors (Lipinski definition) is 2. The van der Waals surface area contributed by atoms with E-state index in [0.717, 1.165) is 16.8 Å². The maximum Gasteiger partial charge on any atom is 0.516 e. The second-order valence-corrected chi connectivity index (χ2v) is 10.7. The predicted octanol–water partition coefficient (Wildman–Crippen LogP) is 4.70. The first kappa shape index (κ1) is 25.7. The monoisotopic (exact) mass is 544 g/mol. The number of anilines is 1. The summed E-state index contributed by atoms with van der Waals surface area (Å²) in [5.41, 5.74) is -1.81. The summed E-state index contributed by atoms with van der Waals surface area (Å²) in [6.07, 6.45) is 5.02. The van der Waals surface area contributed by atoms with Crippen LogP contribution in [0.25, 0.3) is 22.3 Å². The van der Waals surface area contributed by atoms with Crippen molar-refractivity contribution < 1.29 is 31.4 Å². The molecule has 0 bridgehead atoms. The van der Waals surface area contributed by atoms with E-state index in [4.69, 9.17) is 4.74 Å². The van der Waals surface area contributed by atoms with Crippen molar-refractivity contribution >= 4 is 15.7 Å². The van der Waals surface area contributed by atoms with Gasteiger partial charge in [0.25, 0.3) is 0 Å². The number of nitrogens with zero attached hydrogens (tertiary/aromatic N) is 3. The summed E-state index contributed by atoms with van der Waals surface area (Å²) >= 11 is 0. The second kappa shape index (κ2) is 9.76. The minimum atomic E-state index is -5.59. The molecule has 8 nitrogen and oxygen atoms in total. The van der Waals surface area contributed by atoms with Crippen molar-refractivity contribution in [1.29, 1.82) is 0 Å². The van der Waals surface area contributed by atoms with Crippen LogP contribution in [0.3, 0.4) is 0 Å². The molecule has 5 rings (SSSR count). The van der Waals surface area contributed by atoms with Crippen LogP contribution in [0.2, 0.25) is 0 Å². The molecule has 2 atom stereocenters. The summed E-state index contributed by atoms with van der Waals surface area (Å²) in [4.78, 5) is 4.52. The van der Waals surface area contributed by atoms with Gasteiger partial charge in [-0.3, -0.25) is 14.4 Å². The van der Waals surface area contributed by atoms with Crippen molar-refractivity contribution in [3.8, 4) is 28.0 Å². The molecular formula is C26H23F3N4O4S. The summed E-state index contributed by atoms with van der Waals surface area (Å²) in [7, 11) is -3.76. The van der Waals surface area contributed by atoms with E-state index in [2.05, 4.69) is 10.1 Å². The standard InChI is InChI=1S/C26H23F3N4O4S/c1-33-14-19(13-31-33)17-6-8-20(30-12-17)10-18-15-37-24-11-16(7-9-22(24)25(18)34)21-4-2-3-5-23(21)32-38(35,36)26(27,28)29/h2-9,11-14,18,25,32,34H,10,15H2,1H3/t18-,25+/m1/s1. The lowest BCUT2D eigenvalue weighted by Gasteiger charge is -2.30. The number of para-hydroxylation sites is 1. The molecule has 0 amide bonds. The fraction of sp³-hybridized carbons (Fsp3) is 0.231. The number of nitrogens with one attached hydrogen (secondary N) is 1. The molecule has 0 saturated heterocycles. The van der Waals surface area contributed by atoms with Crippen molar-refractivity contribution in [2.24, 2.45) is 13.0 Å². The topological polar surface area (TPSA) is 106 Å². The Balaban J connectivity index is 1.34. The van der Waals surface area contributed by atoms with Crippen molar-refractivity contribution in [2.45, 2.75) is 18.0 Å². The van der Waals surface area contributed by atoms with Gasteiger partial charge in [0.15, 0.2) is 0 Å². The molecule has 38 heavy (non-hydrogen) atoms. The molecule has 3 heterocycles. The van der Waals surface area contributed by atoms with Crippen LogP contribution >= 0.6 is 0 Å². The summed E-state index contributed by atoms with van der Waals surface area (Å²) in [5, 5.41) is 15.2. The molecule has 0 saturated carbocycles. The number of sulfonamides is 1. The maximum absolute atomic E-state index is 12.9. The van der Waals surface area contributed by atoms with Gasteiger partial charge in [-0.15, -0.1) is 0 Å². The smallest absolute Gasteiger partial charge is 0.493 e. The lowest BCUT2D eigenvalue weighted by atomic mass is 9.88. The first-order valence-electron chi connectivity index (χ1n) is 11.6. The number of halogens is 3.